The van der Waals surface area contributed by atoms with E-state index in [1.54, 1.807) is 17.4 Å². The smallest absolute Gasteiger partial charge is 0.352 e. The largest absolute Gasteiger partial charge is 0.416 e. The number of aromatic nitrogens is 3. The molecule has 1 fully saturated rings. The van der Waals surface area contributed by atoms with Gasteiger partial charge in [-0.1, -0.05) is 6.07 Å². The molecule has 9 heteroatoms. The number of hydrogen-bond donors (Lipinski definition) is 1. The Bertz CT molecular complexity index is 1070. The van der Waals surface area contributed by atoms with Crippen molar-refractivity contribution in [3.05, 3.63) is 63.4 Å². The molecule has 0 aliphatic heterocycles. The zero-order valence-electron chi connectivity index (χ0n) is 17.1. The minimum atomic E-state index is -4.43. The number of aryl methyl sites for hydroxylation is 2. The molecular formula is C22H23F3N4OS. The molecule has 1 aliphatic carbocycles. The first kappa shape index (κ1) is 21.5. The third-order valence-corrected chi connectivity index (χ3v) is 6.23. The van der Waals surface area contributed by atoms with Gasteiger partial charge in [0.2, 0.25) is 0 Å². The summed E-state index contributed by atoms with van der Waals surface area (Å²) in [6, 6.07) is 5.04. The number of unbranched alkanes of at least 4 members (excludes halogenated alkanes) is 1. The van der Waals surface area contributed by atoms with Crippen LogP contribution in [0.5, 0.6) is 0 Å². The molecule has 0 bridgehead atoms. The van der Waals surface area contributed by atoms with Crippen LogP contribution < -0.4 is 5.32 Å². The molecular weight excluding hydrogens is 425 g/mol. The molecule has 0 spiro atoms. The molecule has 5 nitrogen and oxygen atoms in total. The number of carbonyl (C=O) groups excluding carboxylic acids is 1. The van der Waals surface area contributed by atoms with E-state index in [2.05, 4.69) is 15.4 Å². The number of rotatable bonds is 8. The first-order chi connectivity index (χ1) is 14.8. The summed E-state index contributed by atoms with van der Waals surface area (Å²) in [5.41, 5.74) is 1.74. The summed E-state index contributed by atoms with van der Waals surface area (Å²) in [6.07, 6.45) is 1.46. The number of hydrogen-bond acceptors (Lipinski definition) is 4. The number of nitrogens with one attached hydrogen (secondary N) is 1. The van der Waals surface area contributed by atoms with Gasteiger partial charge in [0.25, 0.3) is 5.91 Å². The first-order valence-electron chi connectivity index (χ1n) is 10.3. The lowest BCUT2D eigenvalue weighted by molar-refractivity contribution is -0.137. The van der Waals surface area contributed by atoms with Crippen LogP contribution in [0, 0.1) is 6.92 Å². The zero-order chi connectivity index (χ0) is 22.0. The number of alkyl halides is 3. The molecule has 0 atom stereocenters. The molecule has 0 saturated heterocycles. The van der Waals surface area contributed by atoms with Gasteiger partial charge in [0.15, 0.2) is 0 Å². The average Bonchev–Trinajstić information content (AvgIpc) is 3.33. The lowest BCUT2D eigenvalue weighted by Crippen LogP contribution is -2.25. The lowest BCUT2D eigenvalue weighted by atomic mass is 10.1. The minimum Gasteiger partial charge on any atom is -0.352 e. The average molecular weight is 449 g/mol. The van der Waals surface area contributed by atoms with E-state index in [1.807, 2.05) is 12.3 Å². The standard InChI is InChI=1S/C22H23F3N4OS/c1-14-13-31-19(28-14)7-2-3-10-26-21(30)18-12-27-29(20(18)15-8-9-15)17-6-4-5-16(11-17)22(23,24)25/h4-6,11-13,15H,2-3,7-10H2,1H3,(H,26,30). The Morgan fingerprint density at radius 2 is 2.10 bits per heavy atom. The van der Waals surface area contributed by atoms with Crippen molar-refractivity contribution in [1.82, 2.24) is 20.1 Å². The van der Waals surface area contributed by atoms with E-state index in [-0.39, 0.29) is 11.8 Å². The molecule has 4 rings (SSSR count). The van der Waals surface area contributed by atoms with Crippen molar-refractivity contribution < 1.29 is 18.0 Å². The summed E-state index contributed by atoms with van der Waals surface area (Å²) in [7, 11) is 0. The molecule has 1 saturated carbocycles. The van der Waals surface area contributed by atoms with Crippen molar-refractivity contribution in [2.75, 3.05) is 6.54 Å². The van der Waals surface area contributed by atoms with Gasteiger partial charge in [-0.25, -0.2) is 9.67 Å². The van der Waals surface area contributed by atoms with Crippen molar-refractivity contribution in [3.63, 3.8) is 0 Å². The van der Waals surface area contributed by atoms with Gasteiger partial charge in [-0.15, -0.1) is 11.3 Å². The van der Waals surface area contributed by atoms with Crippen LogP contribution >= 0.6 is 11.3 Å². The van der Waals surface area contributed by atoms with Crippen molar-refractivity contribution in [1.29, 1.82) is 0 Å². The third-order valence-electron chi connectivity index (χ3n) is 5.20. The van der Waals surface area contributed by atoms with E-state index >= 15 is 0 Å². The van der Waals surface area contributed by atoms with Crippen LogP contribution in [0.1, 0.15) is 63.9 Å². The fourth-order valence-corrected chi connectivity index (χ4v) is 4.34. The molecule has 2 aromatic heterocycles. The van der Waals surface area contributed by atoms with E-state index in [0.717, 1.165) is 54.9 Å². The van der Waals surface area contributed by atoms with E-state index in [4.69, 9.17) is 0 Å². The number of nitrogens with zero attached hydrogens (tertiary/aromatic N) is 3. The van der Waals surface area contributed by atoms with E-state index in [0.29, 0.717) is 23.5 Å². The monoisotopic (exact) mass is 448 g/mol. The fourth-order valence-electron chi connectivity index (χ4n) is 3.52. The highest BCUT2D eigenvalue weighted by molar-refractivity contribution is 7.09. The Balaban J connectivity index is 1.42. The van der Waals surface area contributed by atoms with Crippen LogP contribution in [-0.4, -0.2) is 27.2 Å². The molecule has 31 heavy (non-hydrogen) atoms. The van der Waals surface area contributed by atoms with Gasteiger partial charge >= 0.3 is 6.18 Å². The highest BCUT2D eigenvalue weighted by Gasteiger charge is 2.34. The summed E-state index contributed by atoms with van der Waals surface area (Å²) in [5.74, 6) is -0.0869. The van der Waals surface area contributed by atoms with Crippen LogP contribution in [0.3, 0.4) is 0 Å². The Morgan fingerprint density at radius 1 is 1.29 bits per heavy atom. The molecule has 0 radical (unpaired) electrons. The highest BCUT2D eigenvalue weighted by Crippen LogP contribution is 2.42. The van der Waals surface area contributed by atoms with Crippen LogP contribution in [0.15, 0.2) is 35.8 Å². The van der Waals surface area contributed by atoms with Crippen molar-refractivity contribution in [3.8, 4) is 5.69 Å². The van der Waals surface area contributed by atoms with Crippen LogP contribution in [0.2, 0.25) is 0 Å². The van der Waals surface area contributed by atoms with Gasteiger partial charge < -0.3 is 5.32 Å². The predicted octanol–water partition coefficient (Wildman–Crippen LogP) is 5.29. The first-order valence-corrected chi connectivity index (χ1v) is 11.2. The third kappa shape index (κ3) is 5.15. The van der Waals surface area contributed by atoms with E-state index in [1.165, 1.54) is 16.9 Å². The van der Waals surface area contributed by atoms with Gasteiger partial charge in [-0.3, -0.25) is 4.79 Å². The topological polar surface area (TPSA) is 59.8 Å². The number of thiazole rings is 1. The SMILES string of the molecule is Cc1csc(CCCCNC(=O)c2cnn(-c3cccc(C(F)(F)F)c3)c2C2CC2)n1. The highest BCUT2D eigenvalue weighted by atomic mass is 32.1. The Hall–Kier alpha value is -2.68. The summed E-state index contributed by atoms with van der Waals surface area (Å²) < 4.78 is 40.8. The van der Waals surface area contributed by atoms with Gasteiger partial charge in [0, 0.05) is 23.5 Å². The predicted molar refractivity (Wildman–Crippen MR) is 113 cm³/mol. The van der Waals surface area contributed by atoms with E-state index < -0.39 is 11.7 Å². The number of halogens is 3. The minimum absolute atomic E-state index is 0.144. The Morgan fingerprint density at radius 3 is 2.77 bits per heavy atom. The second-order valence-corrected chi connectivity index (χ2v) is 8.72. The number of benzene rings is 1. The summed E-state index contributed by atoms with van der Waals surface area (Å²) in [6.45, 7) is 2.50. The fraction of sp³-hybridized carbons (Fsp3) is 0.409. The maximum absolute atomic E-state index is 13.1. The zero-order valence-corrected chi connectivity index (χ0v) is 17.9. The van der Waals surface area contributed by atoms with Gasteiger partial charge in [0.05, 0.1) is 33.7 Å². The number of carbonyl (C=O) groups is 1. The maximum Gasteiger partial charge on any atom is 0.416 e. The summed E-state index contributed by atoms with van der Waals surface area (Å²) in [5, 5.41) is 10.3. The van der Waals surface area contributed by atoms with Crippen LogP contribution in [-0.2, 0) is 12.6 Å². The van der Waals surface area contributed by atoms with Crippen LogP contribution in [0.4, 0.5) is 13.2 Å². The normalized spacial score (nSPS) is 14.1. The quantitative estimate of drug-likeness (QED) is 0.477. The van der Waals surface area contributed by atoms with Crippen LogP contribution in [0.25, 0.3) is 5.69 Å². The van der Waals surface area contributed by atoms with E-state index in [9.17, 15) is 18.0 Å². The second-order valence-electron chi connectivity index (χ2n) is 7.77. The molecule has 3 aromatic rings. The molecule has 0 unspecified atom stereocenters. The second kappa shape index (κ2) is 8.82. The lowest BCUT2D eigenvalue weighted by Gasteiger charge is -2.12. The molecule has 1 aliphatic rings. The van der Waals surface area contributed by atoms with Crippen molar-refractivity contribution in [2.24, 2.45) is 0 Å². The Labute approximate surface area is 182 Å². The Kier molecular flexibility index (Phi) is 6.13. The summed E-state index contributed by atoms with van der Waals surface area (Å²) >= 11 is 1.65. The van der Waals surface area contributed by atoms with Crippen molar-refractivity contribution in [2.45, 2.75) is 51.1 Å². The maximum atomic E-state index is 13.1. The molecule has 1 N–H and O–H groups in total. The molecule has 2 heterocycles. The summed E-state index contributed by atoms with van der Waals surface area (Å²) in [4.78, 5) is 17.2. The molecule has 1 aromatic carbocycles. The van der Waals surface area contributed by atoms with Gasteiger partial charge in [-0.2, -0.15) is 18.3 Å². The molecule has 164 valence electrons. The van der Waals surface area contributed by atoms with Gasteiger partial charge in [0.1, 0.15) is 0 Å². The van der Waals surface area contributed by atoms with Crippen molar-refractivity contribution >= 4 is 17.2 Å². The van der Waals surface area contributed by atoms with Gasteiger partial charge in [-0.05, 0) is 57.2 Å². The number of amides is 1. The molecule has 1 amide bonds.